The number of hydrogen-bond donors (Lipinski definition) is 1. The predicted molar refractivity (Wildman–Crippen MR) is 84.9 cm³/mol. The summed E-state index contributed by atoms with van der Waals surface area (Å²) < 4.78 is 31.9. The van der Waals surface area contributed by atoms with E-state index in [1.165, 1.54) is 12.3 Å². The highest BCUT2D eigenvalue weighted by Crippen LogP contribution is 2.18. The first-order valence-electron chi connectivity index (χ1n) is 7.09. The molecule has 0 saturated heterocycles. The van der Waals surface area contributed by atoms with E-state index in [4.69, 9.17) is 4.52 Å². The quantitative estimate of drug-likeness (QED) is 0.867. The van der Waals surface area contributed by atoms with Crippen LogP contribution in [0.2, 0.25) is 0 Å². The summed E-state index contributed by atoms with van der Waals surface area (Å²) in [6, 6.07) is 6.53. The number of rotatable bonds is 5. The van der Waals surface area contributed by atoms with Crippen LogP contribution in [-0.4, -0.2) is 30.7 Å². The molecular weight excluding hydrogens is 332 g/mol. The van der Waals surface area contributed by atoms with Gasteiger partial charge in [0.1, 0.15) is 5.92 Å². The minimum atomic E-state index is -3.69. The average Bonchev–Trinajstić information content (AvgIpc) is 3.02. The molecule has 3 rings (SSSR count). The van der Waals surface area contributed by atoms with Crippen LogP contribution in [0, 0.1) is 6.92 Å². The maximum Gasteiger partial charge on any atom is 0.260 e. The fraction of sp³-hybridized carbons (Fsp3) is 0.200. The number of sulfonamides is 1. The van der Waals surface area contributed by atoms with Gasteiger partial charge in [0.25, 0.3) is 5.91 Å². The first kappa shape index (κ1) is 16.2. The molecule has 1 aromatic carbocycles. The maximum atomic E-state index is 12.2. The van der Waals surface area contributed by atoms with Gasteiger partial charge < -0.3 is 4.52 Å². The second-order valence-corrected chi connectivity index (χ2v) is 6.93. The Morgan fingerprint density at radius 2 is 2.17 bits per heavy atom. The standard InChI is InChI=1S/C15H14N4O4S/c1-10-4-2-5-11(8-10)24(21,22)17-9-13-18-14(19-23-13)12-6-3-7-16-15(12)20/h2-8,12,17H,9H2,1H3. The number of nitrogens with zero attached hydrogens (tertiary/aromatic N) is 3. The Hall–Kier alpha value is -2.65. The van der Waals surface area contributed by atoms with Crippen LogP contribution >= 0.6 is 0 Å². The lowest BCUT2D eigenvalue weighted by Crippen LogP contribution is -2.23. The van der Waals surface area contributed by atoms with E-state index in [2.05, 4.69) is 19.9 Å². The van der Waals surface area contributed by atoms with E-state index in [0.29, 0.717) is 0 Å². The number of carbonyl (C=O) groups is 1. The molecule has 0 aliphatic carbocycles. The van der Waals surface area contributed by atoms with Crippen molar-refractivity contribution in [2.24, 2.45) is 4.99 Å². The van der Waals surface area contributed by atoms with E-state index in [1.807, 2.05) is 0 Å². The maximum absolute atomic E-state index is 12.2. The van der Waals surface area contributed by atoms with Crippen LogP contribution in [0.5, 0.6) is 0 Å². The Bertz CT molecular complexity index is 930. The Kier molecular flexibility index (Phi) is 4.36. The van der Waals surface area contributed by atoms with Gasteiger partial charge in [-0.1, -0.05) is 23.4 Å². The minimum absolute atomic E-state index is 0.0666. The van der Waals surface area contributed by atoms with Gasteiger partial charge in [-0.25, -0.2) is 18.1 Å². The summed E-state index contributed by atoms with van der Waals surface area (Å²) in [6.45, 7) is 1.64. The number of aryl methyl sites for hydroxylation is 1. The Morgan fingerprint density at radius 3 is 2.92 bits per heavy atom. The van der Waals surface area contributed by atoms with E-state index in [0.717, 1.165) is 5.56 Å². The summed E-state index contributed by atoms with van der Waals surface area (Å²) in [7, 11) is -3.69. The van der Waals surface area contributed by atoms with Crippen molar-refractivity contribution >= 4 is 22.1 Å². The number of aliphatic imine (C=N–C) groups is 1. The zero-order valence-corrected chi connectivity index (χ0v) is 13.5. The molecule has 1 aromatic heterocycles. The van der Waals surface area contributed by atoms with E-state index in [9.17, 15) is 13.2 Å². The number of carbonyl (C=O) groups excluding carboxylic acids is 1. The van der Waals surface area contributed by atoms with E-state index < -0.39 is 21.8 Å². The van der Waals surface area contributed by atoms with Crippen LogP contribution in [0.1, 0.15) is 23.2 Å². The van der Waals surface area contributed by atoms with Gasteiger partial charge in [0.15, 0.2) is 5.82 Å². The molecule has 0 saturated carbocycles. The fourth-order valence-electron chi connectivity index (χ4n) is 2.13. The van der Waals surface area contributed by atoms with Crippen LogP contribution < -0.4 is 4.72 Å². The smallest absolute Gasteiger partial charge is 0.260 e. The molecular formula is C15H14N4O4S. The Morgan fingerprint density at radius 1 is 1.33 bits per heavy atom. The predicted octanol–water partition coefficient (Wildman–Crippen LogP) is 1.11. The van der Waals surface area contributed by atoms with Crippen LogP contribution in [-0.2, 0) is 21.4 Å². The number of aromatic nitrogens is 2. The van der Waals surface area contributed by atoms with E-state index in [1.54, 1.807) is 37.3 Å². The van der Waals surface area contributed by atoms with Gasteiger partial charge in [0, 0.05) is 6.21 Å². The molecule has 124 valence electrons. The molecule has 1 aliphatic heterocycles. The Labute approximate surface area is 138 Å². The number of nitrogens with one attached hydrogen (secondary N) is 1. The largest absolute Gasteiger partial charge is 0.338 e. The molecule has 2 heterocycles. The van der Waals surface area contributed by atoms with Gasteiger partial charge >= 0.3 is 0 Å². The number of dihydropyridines is 1. The molecule has 1 amide bonds. The number of amides is 1. The third-order valence-electron chi connectivity index (χ3n) is 3.33. The summed E-state index contributed by atoms with van der Waals surface area (Å²) in [5.41, 5.74) is 0.834. The molecule has 0 spiro atoms. The lowest BCUT2D eigenvalue weighted by molar-refractivity contribution is -0.118. The van der Waals surface area contributed by atoms with Gasteiger partial charge in [0.05, 0.1) is 11.4 Å². The van der Waals surface area contributed by atoms with Crippen LogP contribution in [0.4, 0.5) is 0 Å². The molecule has 8 nitrogen and oxygen atoms in total. The van der Waals surface area contributed by atoms with Crippen LogP contribution in [0.25, 0.3) is 0 Å². The van der Waals surface area contributed by atoms with E-state index in [-0.39, 0.29) is 23.2 Å². The second kappa shape index (κ2) is 6.46. The third kappa shape index (κ3) is 3.47. The zero-order valence-electron chi connectivity index (χ0n) is 12.7. The number of benzene rings is 1. The van der Waals surface area contributed by atoms with Gasteiger partial charge in [0.2, 0.25) is 15.9 Å². The molecule has 0 bridgehead atoms. The van der Waals surface area contributed by atoms with Crippen molar-refractivity contribution < 1.29 is 17.7 Å². The molecule has 1 aliphatic rings. The first-order chi connectivity index (χ1) is 11.5. The minimum Gasteiger partial charge on any atom is -0.338 e. The average molecular weight is 346 g/mol. The lowest BCUT2D eigenvalue weighted by atomic mass is 10.1. The SMILES string of the molecule is Cc1cccc(S(=O)(=O)NCc2nc(C3C=CC=NC3=O)no2)c1. The summed E-state index contributed by atoms with van der Waals surface area (Å²) >= 11 is 0. The zero-order chi connectivity index (χ0) is 17.2. The van der Waals surface area contributed by atoms with Crippen LogP contribution in [0.15, 0.2) is 50.8 Å². The van der Waals surface area contributed by atoms with Crippen molar-refractivity contribution in [1.82, 2.24) is 14.9 Å². The molecule has 1 unspecified atom stereocenters. The normalized spacial score (nSPS) is 17.4. The van der Waals surface area contributed by atoms with Gasteiger partial charge in [-0.05, 0) is 30.7 Å². The highest BCUT2D eigenvalue weighted by molar-refractivity contribution is 7.89. The highest BCUT2D eigenvalue weighted by Gasteiger charge is 2.24. The summed E-state index contributed by atoms with van der Waals surface area (Å²) in [5.74, 6) is -0.888. The van der Waals surface area contributed by atoms with Gasteiger partial charge in [-0.2, -0.15) is 4.98 Å². The van der Waals surface area contributed by atoms with Crippen molar-refractivity contribution in [3.63, 3.8) is 0 Å². The number of allylic oxidation sites excluding steroid dienone is 1. The number of hydrogen-bond acceptors (Lipinski definition) is 6. The Balaban J connectivity index is 1.70. The summed E-state index contributed by atoms with van der Waals surface area (Å²) in [4.78, 5) is 19.5. The monoisotopic (exact) mass is 346 g/mol. The third-order valence-corrected chi connectivity index (χ3v) is 4.73. The van der Waals surface area contributed by atoms with E-state index >= 15 is 0 Å². The van der Waals surface area contributed by atoms with Crippen molar-refractivity contribution in [2.45, 2.75) is 24.3 Å². The van der Waals surface area contributed by atoms with Crippen molar-refractivity contribution in [1.29, 1.82) is 0 Å². The van der Waals surface area contributed by atoms with Gasteiger partial charge in [-0.15, -0.1) is 0 Å². The molecule has 1 N–H and O–H groups in total. The molecule has 0 fully saturated rings. The topological polar surface area (TPSA) is 115 Å². The molecule has 9 heteroatoms. The summed E-state index contributed by atoms with van der Waals surface area (Å²) in [6.07, 6.45) is 4.60. The van der Waals surface area contributed by atoms with Crippen molar-refractivity contribution in [3.05, 3.63) is 53.7 Å². The molecule has 2 aromatic rings. The van der Waals surface area contributed by atoms with Gasteiger partial charge in [-0.3, -0.25) is 4.79 Å². The lowest BCUT2D eigenvalue weighted by Gasteiger charge is -2.05. The summed E-state index contributed by atoms with van der Waals surface area (Å²) in [5, 5.41) is 3.71. The molecule has 24 heavy (non-hydrogen) atoms. The highest BCUT2D eigenvalue weighted by atomic mass is 32.2. The molecule has 0 radical (unpaired) electrons. The molecule has 1 atom stereocenters. The van der Waals surface area contributed by atoms with Crippen molar-refractivity contribution in [3.8, 4) is 0 Å². The fourth-order valence-corrected chi connectivity index (χ4v) is 3.20. The second-order valence-electron chi connectivity index (χ2n) is 5.17. The van der Waals surface area contributed by atoms with Crippen molar-refractivity contribution in [2.75, 3.05) is 0 Å². The first-order valence-corrected chi connectivity index (χ1v) is 8.57. The van der Waals surface area contributed by atoms with Crippen LogP contribution in [0.3, 0.4) is 0 Å².